The van der Waals surface area contributed by atoms with Crippen molar-refractivity contribution in [3.05, 3.63) is 55.8 Å². The first kappa shape index (κ1) is 12.1. The van der Waals surface area contributed by atoms with E-state index in [2.05, 4.69) is 22.6 Å². The summed E-state index contributed by atoms with van der Waals surface area (Å²) < 4.78 is 14.6. The number of rotatable bonds is 1. The van der Waals surface area contributed by atoms with Crippen molar-refractivity contribution in [1.29, 1.82) is 0 Å². The molecule has 0 radical (unpaired) electrons. The molecular weight excluding hydrogens is 361 g/mol. The van der Waals surface area contributed by atoms with Crippen LogP contribution in [0.5, 0.6) is 0 Å². The van der Waals surface area contributed by atoms with Crippen molar-refractivity contribution in [2.45, 2.75) is 0 Å². The maximum Gasteiger partial charge on any atom is 0.132 e. The van der Waals surface area contributed by atoms with E-state index in [1.165, 1.54) is 6.07 Å². The van der Waals surface area contributed by atoms with Crippen molar-refractivity contribution in [1.82, 2.24) is 0 Å². The summed E-state index contributed by atoms with van der Waals surface area (Å²) in [5.74, 6) is -0.318. The van der Waals surface area contributed by atoms with Crippen LogP contribution in [0.2, 0.25) is 10.0 Å². The Morgan fingerprint density at radius 2 is 1.44 bits per heavy atom. The number of hydrogen-bond acceptors (Lipinski definition) is 0. The third-order valence-corrected chi connectivity index (χ3v) is 3.70. The lowest BCUT2D eigenvalue weighted by Gasteiger charge is -2.10. The highest BCUT2D eigenvalue weighted by Gasteiger charge is 2.15. The van der Waals surface area contributed by atoms with Gasteiger partial charge in [0.25, 0.3) is 0 Å². The Hall–Kier alpha value is -0.320. The average molecular weight is 367 g/mol. The van der Waals surface area contributed by atoms with Crippen LogP contribution in [0.1, 0.15) is 0 Å². The zero-order chi connectivity index (χ0) is 11.7. The van der Waals surface area contributed by atoms with E-state index in [1.807, 2.05) is 6.07 Å². The summed E-state index contributed by atoms with van der Waals surface area (Å²) >= 11 is 14.2. The van der Waals surface area contributed by atoms with Crippen LogP contribution < -0.4 is 0 Å². The fourth-order valence-corrected chi connectivity index (χ4v) is 2.79. The van der Waals surface area contributed by atoms with E-state index in [0.29, 0.717) is 21.2 Å². The third kappa shape index (κ3) is 2.19. The maximum atomic E-state index is 13.8. The largest absolute Gasteiger partial charge is 0.206 e. The zero-order valence-electron chi connectivity index (χ0n) is 7.98. The quantitative estimate of drug-likeness (QED) is 0.592. The Labute approximate surface area is 117 Å². The number of halogens is 4. The lowest BCUT2D eigenvalue weighted by atomic mass is 10.1. The molecule has 2 aromatic rings. The van der Waals surface area contributed by atoms with E-state index < -0.39 is 0 Å². The van der Waals surface area contributed by atoms with Gasteiger partial charge in [0.2, 0.25) is 0 Å². The molecule has 0 fully saturated rings. The summed E-state index contributed by atoms with van der Waals surface area (Å²) in [7, 11) is 0. The van der Waals surface area contributed by atoms with E-state index in [9.17, 15) is 4.39 Å². The molecule has 82 valence electrons. The van der Waals surface area contributed by atoms with Gasteiger partial charge in [-0.1, -0.05) is 35.3 Å². The van der Waals surface area contributed by atoms with Crippen LogP contribution in [0.4, 0.5) is 4.39 Å². The van der Waals surface area contributed by atoms with E-state index in [-0.39, 0.29) is 5.82 Å². The molecule has 4 heteroatoms. The Morgan fingerprint density at radius 1 is 0.875 bits per heavy atom. The first-order valence-corrected chi connectivity index (χ1v) is 6.33. The van der Waals surface area contributed by atoms with Gasteiger partial charge < -0.3 is 0 Å². The van der Waals surface area contributed by atoms with Gasteiger partial charge in [-0.15, -0.1) is 0 Å². The fraction of sp³-hybridized carbons (Fsp3) is 0. The predicted octanol–water partition coefficient (Wildman–Crippen LogP) is 5.40. The molecule has 2 aromatic carbocycles. The third-order valence-electron chi connectivity index (χ3n) is 2.18. The lowest BCUT2D eigenvalue weighted by Crippen LogP contribution is -1.90. The summed E-state index contributed by atoms with van der Waals surface area (Å²) in [6, 6.07) is 10.0. The molecule has 0 saturated carbocycles. The lowest BCUT2D eigenvalue weighted by molar-refractivity contribution is 0.630. The van der Waals surface area contributed by atoms with Gasteiger partial charge in [0, 0.05) is 14.7 Å². The van der Waals surface area contributed by atoms with Crippen LogP contribution in [-0.2, 0) is 0 Å². The topological polar surface area (TPSA) is 0 Å². The van der Waals surface area contributed by atoms with Crippen molar-refractivity contribution >= 4 is 45.8 Å². The molecule has 0 aromatic heterocycles. The highest BCUT2D eigenvalue weighted by atomic mass is 127. The van der Waals surface area contributed by atoms with Crippen molar-refractivity contribution in [3.63, 3.8) is 0 Å². The second kappa shape index (κ2) is 4.90. The van der Waals surface area contributed by atoms with Gasteiger partial charge in [0.15, 0.2) is 0 Å². The molecule has 16 heavy (non-hydrogen) atoms. The minimum atomic E-state index is -0.318. The zero-order valence-corrected chi connectivity index (χ0v) is 11.6. The first-order chi connectivity index (χ1) is 7.61. The molecule has 0 saturated heterocycles. The van der Waals surface area contributed by atoms with Crippen LogP contribution in [0.3, 0.4) is 0 Å². The van der Waals surface area contributed by atoms with Crippen molar-refractivity contribution in [3.8, 4) is 11.1 Å². The second-order valence-corrected chi connectivity index (χ2v) is 5.17. The Balaban J connectivity index is 2.77. The van der Waals surface area contributed by atoms with Crippen molar-refractivity contribution in [2.75, 3.05) is 0 Å². The van der Waals surface area contributed by atoms with Crippen LogP contribution in [0.15, 0.2) is 36.4 Å². The second-order valence-electron chi connectivity index (χ2n) is 3.19. The maximum absolute atomic E-state index is 13.8. The van der Waals surface area contributed by atoms with Gasteiger partial charge in [-0.3, -0.25) is 0 Å². The molecule has 0 spiro atoms. The van der Waals surface area contributed by atoms with Gasteiger partial charge in [-0.2, -0.15) is 0 Å². The Morgan fingerprint density at radius 3 is 2.00 bits per heavy atom. The molecule has 0 aliphatic carbocycles. The SMILES string of the molecule is Fc1cccc(I)c1-c1c(Cl)cccc1Cl. The minimum absolute atomic E-state index is 0.318. The molecule has 0 atom stereocenters. The smallest absolute Gasteiger partial charge is 0.132 e. The van der Waals surface area contributed by atoms with Crippen LogP contribution in [0.25, 0.3) is 11.1 Å². The molecule has 0 aliphatic heterocycles. The molecule has 0 nitrogen and oxygen atoms in total. The van der Waals surface area contributed by atoms with Gasteiger partial charge in [-0.05, 0) is 46.9 Å². The van der Waals surface area contributed by atoms with Gasteiger partial charge in [0.1, 0.15) is 5.82 Å². The van der Waals surface area contributed by atoms with E-state index >= 15 is 0 Å². The fourth-order valence-electron chi connectivity index (χ4n) is 1.47. The Kier molecular flexibility index (Phi) is 3.72. The van der Waals surface area contributed by atoms with Crippen molar-refractivity contribution < 1.29 is 4.39 Å². The summed E-state index contributed by atoms with van der Waals surface area (Å²) in [5, 5.41) is 0.908. The molecular formula is C12H6Cl2FI. The van der Waals surface area contributed by atoms with Crippen LogP contribution in [-0.4, -0.2) is 0 Å². The van der Waals surface area contributed by atoms with E-state index in [0.717, 1.165) is 3.57 Å². The Bertz CT molecular complexity index is 451. The molecule has 0 bridgehead atoms. The first-order valence-electron chi connectivity index (χ1n) is 4.49. The van der Waals surface area contributed by atoms with Crippen molar-refractivity contribution in [2.24, 2.45) is 0 Å². The summed E-state index contributed by atoms with van der Waals surface area (Å²) in [6.45, 7) is 0. The molecule has 0 amide bonds. The average Bonchev–Trinajstić information content (AvgIpc) is 2.21. The predicted molar refractivity (Wildman–Crippen MR) is 74.6 cm³/mol. The number of benzene rings is 2. The van der Waals surface area contributed by atoms with Gasteiger partial charge in [0.05, 0.1) is 10.0 Å². The summed E-state index contributed by atoms with van der Waals surface area (Å²) in [4.78, 5) is 0. The van der Waals surface area contributed by atoms with Gasteiger partial charge >= 0.3 is 0 Å². The van der Waals surface area contributed by atoms with Gasteiger partial charge in [-0.25, -0.2) is 4.39 Å². The molecule has 0 heterocycles. The standard InChI is InChI=1S/C12H6Cl2FI/c13-7-3-1-4-8(14)11(7)12-9(15)5-2-6-10(12)16/h1-6H. The highest BCUT2D eigenvalue weighted by Crippen LogP contribution is 2.38. The molecule has 0 aliphatic rings. The monoisotopic (exact) mass is 366 g/mol. The van der Waals surface area contributed by atoms with Crippen LogP contribution in [0, 0.1) is 9.39 Å². The highest BCUT2D eigenvalue weighted by molar-refractivity contribution is 14.1. The van der Waals surface area contributed by atoms with E-state index in [4.69, 9.17) is 23.2 Å². The van der Waals surface area contributed by atoms with Crippen LogP contribution >= 0.6 is 45.8 Å². The molecule has 0 unspecified atom stereocenters. The number of hydrogen-bond donors (Lipinski definition) is 0. The normalized spacial score (nSPS) is 10.5. The summed E-state index contributed by atoms with van der Waals surface area (Å²) in [5.41, 5.74) is 1.01. The summed E-state index contributed by atoms with van der Waals surface area (Å²) in [6.07, 6.45) is 0. The molecule has 2 rings (SSSR count). The minimum Gasteiger partial charge on any atom is -0.206 e. The molecule has 0 N–H and O–H groups in total. The van der Waals surface area contributed by atoms with E-state index in [1.54, 1.807) is 24.3 Å².